The molecule has 7 nitrogen and oxygen atoms in total. The van der Waals surface area contributed by atoms with Crippen molar-refractivity contribution in [2.75, 3.05) is 18.4 Å². The number of nitrogens with one attached hydrogen (secondary N) is 1. The van der Waals surface area contributed by atoms with Gasteiger partial charge in [0, 0.05) is 18.8 Å². The molecule has 0 atom stereocenters. The van der Waals surface area contributed by atoms with Crippen molar-refractivity contribution in [3.8, 4) is 5.75 Å². The van der Waals surface area contributed by atoms with Gasteiger partial charge in [0.2, 0.25) is 10.0 Å². The Morgan fingerprint density at radius 3 is 2.30 bits per heavy atom. The molecule has 0 aromatic heterocycles. The van der Waals surface area contributed by atoms with Crippen LogP contribution in [0.5, 0.6) is 5.75 Å². The second-order valence-electron chi connectivity index (χ2n) is 8.12. The van der Waals surface area contributed by atoms with Gasteiger partial charge in [-0.3, -0.25) is 4.72 Å². The van der Waals surface area contributed by atoms with E-state index >= 15 is 0 Å². The van der Waals surface area contributed by atoms with E-state index in [4.69, 9.17) is 4.74 Å². The molecule has 1 N–H and O–H groups in total. The van der Waals surface area contributed by atoms with Crippen molar-refractivity contribution in [1.82, 2.24) is 4.31 Å². The van der Waals surface area contributed by atoms with E-state index in [2.05, 4.69) is 4.72 Å². The van der Waals surface area contributed by atoms with E-state index in [9.17, 15) is 16.8 Å². The van der Waals surface area contributed by atoms with Crippen molar-refractivity contribution in [3.63, 3.8) is 0 Å². The van der Waals surface area contributed by atoms with Gasteiger partial charge in [0.1, 0.15) is 5.75 Å². The number of hydrogen-bond acceptors (Lipinski definition) is 5. The lowest BCUT2D eigenvalue weighted by Crippen LogP contribution is -2.36. The van der Waals surface area contributed by atoms with Gasteiger partial charge >= 0.3 is 0 Å². The Hall–Kier alpha value is -2.88. The molecule has 0 fully saturated rings. The van der Waals surface area contributed by atoms with Crippen LogP contribution in [0.2, 0.25) is 0 Å². The summed E-state index contributed by atoms with van der Waals surface area (Å²) in [6, 6.07) is 16.9. The number of methoxy groups -OCH3 is 1. The van der Waals surface area contributed by atoms with Gasteiger partial charge in [0.05, 0.1) is 16.9 Å². The fourth-order valence-corrected chi connectivity index (χ4v) is 6.70. The molecule has 174 valence electrons. The van der Waals surface area contributed by atoms with Crippen LogP contribution in [0.25, 0.3) is 0 Å². The van der Waals surface area contributed by atoms with E-state index in [-0.39, 0.29) is 16.3 Å². The first-order valence-corrected chi connectivity index (χ1v) is 13.4. The standard InChI is InChI=1S/C24H26N2O5S2/c1-17-4-5-18(2)24(14-17)32(27,28)25-21-7-6-19-12-13-26(16-20(19)15-21)33(29,30)23-10-8-22(31-3)9-11-23/h4-11,14-15,25H,12-13,16H2,1-3H3. The number of sulfonamides is 2. The highest BCUT2D eigenvalue weighted by Gasteiger charge is 2.29. The van der Waals surface area contributed by atoms with E-state index < -0.39 is 20.0 Å². The Bertz CT molecular complexity index is 1400. The molecule has 4 rings (SSSR count). The number of ether oxygens (including phenoxy) is 1. The highest BCUT2D eigenvalue weighted by atomic mass is 32.2. The molecule has 0 unspecified atom stereocenters. The fraction of sp³-hybridized carbons (Fsp3) is 0.250. The van der Waals surface area contributed by atoms with Gasteiger partial charge in [-0.15, -0.1) is 0 Å². The summed E-state index contributed by atoms with van der Waals surface area (Å²) < 4.78 is 61.4. The van der Waals surface area contributed by atoms with E-state index in [1.807, 2.05) is 19.1 Å². The Labute approximate surface area is 195 Å². The molecule has 0 aliphatic carbocycles. The minimum atomic E-state index is -3.78. The van der Waals surface area contributed by atoms with Gasteiger partial charge in [-0.2, -0.15) is 4.31 Å². The fourth-order valence-electron chi connectivity index (χ4n) is 3.90. The van der Waals surface area contributed by atoms with Crippen molar-refractivity contribution in [2.24, 2.45) is 0 Å². The Kier molecular flexibility index (Phi) is 6.22. The predicted molar refractivity (Wildman–Crippen MR) is 127 cm³/mol. The van der Waals surface area contributed by atoms with Crippen LogP contribution in [0.4, 0.5) is 5.69 Å². The predicted octanol–water partition coefficient (Wildman–Crippen LogP) is 3.86. The molecule has 3 aromatic rings. The first-order chi connectivity index (χ1) is 15.6. The zero-order valence-electron chi connectivity index (χ0n) is 18.7. The van der Waals surface area contributed by atoms with Crippen LogP contribution in [-0.2, 0) is 33.0 Å². The summed E-state index contributed by atoms with van der Waals surface area (Å²) >= 11 is 0. The Morgan fingerprint density at radius 2 is 1.61 bits per heavy atom. The second kappa shape index (κ2) is 8.81. The van der Waals surface area contributed by atoms with Gasteiger partial charge in [-0.05, 0) is 85.0 Å². The zero-order valence-corrected chi connectivity index (χ0v) is 20.3. The van der Waals surface area contributed by atoms with E-state index in [1.54, 1.807) is 43.3 Å². The monoisotopic (exact) mass is 486 g/mol. The van der Waals surface area contributed by atoms with Gasteiger partial charge < -0.3 is 4.74 Å². The van der Waals surface area contributed by atoms with E-state index in [1.165, 1.54) is 23.5 Å². The number of aryl methyl sites for hydroxylation is 2. The number of hydrogen-bond donors (Lipinski definition) is 1. The molecule has 0 radical (unpaired) electrons. The third kappa shape index (κ3) is 4.75. The minimum Gasteiger partial charge on any atom is -0.497 e. The molecule has 0 saturated carbocycles. The lowest BCUT2D eigenvalue weighted by molar-refractivity contribution is 0.391. The number of nitrogens with zero attached hydrogens (tertiary/aromatic N) is 1. The minimum absolute atomic E-state index is 0.169. The third-order valence-electron chi connectivity index (χ3n) is 5.77. The molecule has 3 aromatic carbocycles. The molecule has 0 bridgehead atoms. The van der Waals surface area contributed by atoms with E-state index in [0.717, 1.165) is 16.7 Å². The average Bonchev–Trinajstić information content (AvgIpc) is 2.79. The van der Waals surface area contributed by atoms with Gasteiger partial charge in [-0.1, -0.05) is 18.2 Å². The molecule has 33 heavy (non-hydrogen) atoms. The SMILES string of the molecule is COc1ccc(S(=O)(=O)N2CCc3ccc(NS(=O)(=O)c4cc(C)ccc4C)cc3C2)cc1. The van der Waals surface area contributed by atoms with Crippen molar-refractivity contribution in [2.45, 2.75) is 36.6 Å². The van der Waals surface area contributed by atoms with Crippen molar-refractivity contribution < 1.29 is 21.6 Å². The van der Waals surface area contributed by atoms with Crippen LogP contribution in [0.1, 0.15) is 22.3 Å². The highest BCUT2D eigenvalue weighted by molar-refractivity contribution is 7.92. The van der Waals surface area contributed by atoms with Crippen LogP contribution in [0.3, 0.4) is 0 Å². The summed E-state index contributed by atoms with van der Waals surface area (Å²) in [6.45, 7) is 4.12. The molecular weight excluding hydrogens is 460 g/mol. The number of anilines is 1. The lowest BCUT2D eigenvalue weighted by Gasteiger charge is -2.28. The number of fused-ring (bicyclic) bond motifs is 1. The topological polar surface area (TPSA) is 92.8 Å². The average molecular weight is 487 g/mol. The van der Waals surface area contributed by atoms with Crippen LogP contribution in [0.15, 0.2) is 70.5 Å². The van der Waals surface area contributed by atoms with Gasteiger partial charge in [0.15, 0.2) is 0 Å². The maximum Gasteiger partial charge on any atom is 0.262 e. The molecule has 9 heteroatoms. The highest BCUT2D eigenvalue weighted by Crippen LogP contribution is 2.29. The summed E-state index contributed by atoms with van der Waals surface area (Å²) in [6.07, 6.45) is 0.550. The second-order valence-corrected chi connectivity index (χ2v) is 11.7. The molecule has 1 aliphatic heterocycles. The van der Waals surface area contributed by atoms with Crippen molar-refractivity contribution in [1.29, 1.82) is 0 Å². The summed E-state index contributed by atoms with van der Waals surface area (Å²) in [5.74, 6) is 0.582. The molecule has 0 amide bonds. The maximum absolute atomic E-state index is 13.1. The normalized spacial score (nSPS) is 14.5. The molecule has 1 heterocycles. The van der Waals surface area contributed by atoms with Crippen LogP contribution in [0, 0.1) is 13.8 Å². The summed E-state index contributed by atoms with van der Waals surface area (Å²) in [4.78, 5) is 0.419. The molecular formula is C24H26N2O5S2. The van der Waals surface area contributed by atoms with E-state index in [0.29, 0.717) is 30.0 Å². The summed E-state index contributed by atoms with van der Waals surface area (Å²) in [5, 5.41) is 0. The largest absolute Gasteiger partial charge is 0.497 e. The van der Waals surface area contributed by atoms with Gasteiger partial charge in [-0.25, -0.2) is 16.8 Å². The van der Waals surface area contributed by atoms with Crippen LogP contribution >= 0.6 is 0 Å². The Morgan fingerprint density at radius 1 is 0.879 bits per heavy atom. The van der Waals surface area contributed by atoms with Crippen molar-refractivity contribution in [3.05, 3.63) is 82.9 Å². The number of benzene rings is 3. The zero-order chi connectivity index (χ0) is 23.8. The first-order valence-electron chi connectivity index (χ1n) is 10.5. The smallest absolute Gasteiger partial charge is 0.262 e. The van der Waals surface area contributed by atoms with Gasteiger partial charge in [0.25, 0.3) is 10.0 Å². The summed E-state index contributed by atoms with van der Waals surface area (Å²) in [5.41, 5.74) is 3.69. The lowest BCUT2D eigenvalue weighted by atomic mass is 10.0. The molecule has 0 spiro atoms. The molecule has 1 aliphatic rings. The van der Waals surface area contributed by atoms with Crippen molar-refractivity contribution >= 4 is 25.7 Å². The maximum atomic E-state index is 13.1. The quantitative estimate of drug-likeness (QED) is 0.571. The summed E-state index contributed by atoms with van der Waals surface area (Å²) in [7, 11) is -5.95. The first kappa shape index (κ1) is 23.3. The Balaban J connectivity index is 1.59. The third-order valence-corrected chi connectivity index (χ3v) is 9.15. The van der Waals surface area contributed by atoms with Crippen LogP contribution < -0.4 is 9.46 Å². The number of rotatable bonds is 6. The molecule has 0 saturated heterocycles. The van der Waals surface area contributed by atoms with Crippen LogP contribution in [-0.4, -0.2) is 34.8 Å².